The molecule has 23 heavy (non-hydrogen) atoms. The van der Waals surface area contributed by atoms with Gasteiger partial charge < -0.3 is 10.0 Å². The summed E-state index contributed by atoms with van der Waals surface area (Å²) in [5, 5.41) is 15.5. The first-order valence-corrected chi connectivity index (χ1v) is 7.69. The van der Waals surface area contributed by atoms with Crippen molar-refractivity contribution >= 4 is 16.7 Å². The molecule has 1 N–H and O–H groups in total. The number of aryl methyl sites for hydroxylation is 1. The van der Waals surface area contributed by atoms with Gasteiger partial charge in [0.1, 0.15) is 6.54 Å². The lowest BCUT2D eigenvalue weighted by molar-refractivity contribution is -0.134. The standard InChI is InChI=1S/C17H23N3O3/c1-5-19(11-17(3,4)23)15(21)10-20-16(22)14-9-7-6-8-13(14)12(2)18-20/h6-9,23H,5,10-11H2,1-4H3. The number of fused-ring (bicyclic) bond motifs is 1. The van der Waals surface area contributed by atoms with Crippen LogP contribution < -0.4 is 5.56 Å². The first-order chi connectivity index (χ1) is 10.7. The van der Waals surface area contributed by atoms with Gasteiger partial charge in [-0.1, -0.05) is 18.2 Å². The number of aromatic nitrogens is 2. The largest absolute Gasteiger partial charge is 0.389 e. The van der Waals surface area contributed by atoms with Gasteiger partial charge in [0, 0.05) is 18.5 Å². The summed E-state index contributed by atoms with van der Waals surface area (Å²) in [6.45, 7) is 7.49. The number of benzene rings is 1. The molecule has 1 aromatic heterocycles. The molecule has 0 radical (unpaired) electrons. The maximum Gasteiger partial charge on any atom is 0.275 e. The predicted octanol–water partition coefficient (Wildman–Crippen LogP) is 1.32. The summed E-state index contributed by atoms with van der Waals surface area (Å²) in [6, 6.07) is 7.23. The molecule has 124 valence electrons. The normalized spacial score (nSPS) is 11.7. The van der Waals surface area contributed by atoms with E-state index in [-0.39, 0.29) is 24.6 Å². The summed E-state index contributed by atoms with van der Waals surface area (Å²) in [7, 11) is 0. The molecule has 0 saturated heterocycles. The van der Waals surface area contributed by atoms with Crippen molar-refractivity contribution in [2.24, 2.45) is 0 Å². The molecule has 0 aliphatic carbocycles. The Morgan fingerprint density at radius 3 is 2.48 bits per heavy atom. The maximum atomic E-state index is 12.5. The molecule has 1 heterocycles. The third-order valence-corrected chi connectivity index (χ3v) is 3.65. The highest BCUT2D eigenvalue weighted by molar-refractivity contribution is 5.83. The van der Waals surface area contributed by atoms with E-state index in [4.69, 9.17) is 0 Å². The van der Waals surface area contributed by atoms with E-state index in [9.17, 15) is 14.7 Å². The Balaban J connectivity index is 2.33. The van der Waals surface area contributed by atoms with E-state index in [1.165, 1.54) is 9.58 Å². The quantitative estimate of drug-likeness (QED) is 0.902. The van der Waals surface area contributed by atoms with E-state index in [0.29, 0.717) is 17.6 Å². The van der Waals surface area contributed by atoms with Gasteiger partial charge >= 0.3 is 0 Å². The lowest BCUT2D eigenvalue weighted by Gasteiger charge is -2.28. The van der Waals surface area contributed by atoms with Crippen LogP contribution in [0.2, 0.25) is 0 Å². The van der Waals surface area contributed by atoms with Crippen molar-refractivity contribution in [1.29, 1.82) is 0 Å². The van der Waals surface area contributed by atoms with Gasteiger partial charge in [-0.2, -0.15) is 5.10 Å². The molecule has 0 unspecified atom stereocenters. The minimum atomic E-state index is -0.983. The van der Waals surface area contributed by atoms with Gasteiger partial charge in [-0.05, 0) is 33.8 Å². The van der Waals surface area contributed by atoms with E-state index in [1.807, 2.05) is 26.0 Å². The fourth-order valence-corrected chi connectivity index (χ4v) is 2.58. The molecule has 0 aliphatic heterocycles. The Morgan fingerprint density at radius 1 is 1.30 bits per heavy atom. The van der Waals surface area contributed by atoms with Crippen molar-refractivity contribution < 1.29 is 9.90 Å². The molecule has 0 atom stereocenters. The van der Waals surface area contributed by atoms with Gasteiger partial charge in [0.2, 0.25) is 5.91 Å². The van der Waals surface area contributed by atoms with Crippen molar-refractivity contribution in [3.05, 3.63) is 40.3 Å². The molecule has 1 amide bonds. The topological polar surface area (TPSA) is 75.4 Å². The van der Waals surface area contributed by atoms with Gasteiger partial charge in [-0.15, -0.1) is 0 Å². The Labute approximate surface area is 135 Å². The zero-order valence-electron chi connectivity index (χ0n) is 14.0. The molecule has 0 bridgehead atoms. The number of aliphatic hydroxyl groups is 1. The number of carbonyl (C=O) groups excluding carboxylic acids is 1. The number of hydrogen-bond donors (Lipinski definition) is 1. The number of nitrogens with zero attached hydrogens (tertiary/aromatic N) is 3. The monoisotopic (exact) mass is 317 g/mol. The minimum Gasteiger partial charge on any atom is -0.389 e. The van der Waals surface area contributed by atoms with Crippen LogP contribution in [0, 0.1) is 6.92 Å². The van der Waals surface area contributed by atoms with Gasteiger partial charge in [0.15, 0.2) is 0 Å². The van der Waals surface area contributed by atoms with Crippen LogP contribution >= 0.6 is 0 Å². The van der Waals surface area contributed by atoms with Crippen LogP contribution in [0.25, 0.3) is 10.8 Å². The lowest BCUT2D eigenvalue weighted by Crippen LogP contribution is -2.44. The zero-order chi connectivity index (χ0) is 17.2. The summed E-state index contributed by atoms with van der Waals surface area (Å²) >= 11 is 0. The minimum absolute atomic E-state index is 0.131. The fourth-order valence-electron chi connectivity index (χ4n) is 2.58. The molecule has 6 heteroatoms. The highest BCUT2D eigenvalue weighted by Crippen LogP contribution is 2.12. The summed E-state index contributed by atoms with van der Waals surface area (Å²) in [4.78, 5) is 26.5. The molecule has 0 aliphatic rings. The third kappa shape index (κ3) is 3.96. The predicted molar refractivity (Wildman–Crippen MR) is 89.3 cm³/mol. The van der Waals surface area contributed by atoms with Crippen LogP contribution in [0.15, 0.2) is 29.1 Å². The SMILES string of the molecule is CCN(CC(C)(C)O)C(=O)Cn1nc(C)c2ccccc2c1=O. The second-order valence-corrected chi connectivity index (χ2v) is 6.31. The Hall–Kier alpha value is -2.21. The average molecular weight is 317 g/mol. The molecule has 6 nitrogen and oxygen atoms in total. The maximum absolute atomic E-state index is 12.5. The number of amides is 1. The molecule has 0 saturated carbocycles. The van der Waals surface area contributed by atoms with Gasteiger partial charge in [0.05, 0.1) is 16.7 Å². The zero-order valence-corrected chi connectivity index (χ0v) is 14.0. The number of likely N-dealkylation sites (N-methyl/N-ethyl adjacent to an activating group) is 1. The highest BCUT2D eigenvalue weighted by atomic mass is 16.3. The summed E-state index contributed by atoms with van der Waals surface area (Å²) in [5.74, 6) is -0.237. The Morgan fingerprint density at radius 2 is 1.91 bits per heavy atom. The first-order valence-electron chi connectivity index (χ1n) is 7.69. The van der Waals surface area contributed by atoms with E-state index in [2.05, 4.69) is 5.10 Å². The van der Waals surface area contributed by atoms with Crippen molar-refractivity contribution in [3.63, 3.8) is 0 Å². The molecular weight excluding hydrogens is 294 g/mol. The van der Waals surface area contributed by atoms with Crippen LogP contribution in [0.5, 0.6) is 0 Å². The summed E-state index contributed by atoms with van der Waals surface area (Å²) < 4.78 is 1.20. The highest BCUT2D eigenvalue weighted by Gasteiger charge is 2.22. The second-order valence-electron chi connectivity index (χ2n) is 6.31. The lowest BCUT2D eigenvalue weighted by atomic mass is 10.1. The average Bonchev–Trinajstić information content (AvgIpc) is 2.49. The van der Waals surface area contributed by atoms with E-state index < -0.39 is 5.60 Å². The first kappa shape index (κ1) is 17.1. The van der Waals surface area contributed by atoms with Crippen LogP contribution in [0.1, 0.15) is 26.5 Å². The van der Waals surface area contributed by atoms with Crippen LogP contribution in [0.3, 0.4) is 0 Å². The van der Waals surface area contributed by atoms with E-state index in [1.54, 1.807) is 26.0 Å². The summed E-state index contributed by atoms with van der Waals surface area (Å²) in [5.41, 5.74) is -0.555. The van der Waals surface area contributed by atoms with E-state index >= 15 is 0 Å². The fraction of sp³-hybridized carbons (Fsp3) is 0.471. The Bertz CT molecular complexity index is 775. The van der Waals surface area contributed by atoms with Crippen molar-refractivity contribution in [1.82, 2.24) is 14.7 Å². The van der Waals surface area contributed by atoms with Crippen LogP contribution in [-0.2, 0) is 11.3 Å². The molecule has 1 aromatic carbocycles. The molecular formula is C17H23N3O3. The van der Waals surface area contributed by atoms with Gasteiger partial charge in [-0.25, -0.2) is 4.68 Å². The number of hydrogen-bond acceptors (Lipinski definition) is 4. The van der Waals surface area contributed by atoms with Crippen LogP contribution in [0.4, 0.5) is 0 Å². The molecule has 0 fully saturated rings. The van der Waals surface area contributed by atoms with E-state index in [0.717, 1.165) is 5.39 Å². The second kappa shape index (κ2) is 6.50. The Kier molecular flexibility index (Phi) is 4.85. The van der Waals surface area contributed by atoms with Crippen molar-refractivity contribution in [3.8, 4) is 0 Å². The molecule has 2 aromatic rings. The van der Waals surface area contributed by atoms with Crippen LogP contribution in [-0.4, -0.2) is 44.4 Å². The van der Waals surface area contributed by atoms with Crippen molar-refractivity contribution in [2.45, 2.75) is 39.8 Å². The van der Waals surface area contributed by atoms with Gasteiger partial charge in [-0.3, -0.25) is 9.59 Å². The smallest absolute Gasteiger partial charge is 0.275 e. The molecule has 2 rings (SSSR count). The number of rotatable bonds is 5. The van der Waals surface area contributed by atoms with Gasteiger partial charge in [0.25, 0.3) is 5.56 Å². The third-order valence-electron chi connectivity index (χ3n) is 3.65. The number of carbonyl (C=O) groups is 1. The van der Waals surface area contributed by atoms with Crippen molar-refractivity contribution in [2.75, 3.05) is 13.1 Å². The molecule has 0 spiro atoms. The summed E-state index contributed by atoms with van der Waals surface area (Å²) in [6.07, 6.45) is 0.